The average molecular weight is 434 g/mol. The van der Waals surface area contributed by atoms with Crippen LogP contribution in [0.25, 0.3) is 0 Å². The Labute approximate surface area is 187 Å². The van der Waals surface area contributed by atoms with Crippen LogP contribution in [0.4, 0.5) is 0 Å². The van der Waals surface area contributed by atoms with Gasteiger partial charge in [-0.1, -0.05) is 60.7 Å². The van der Waals surface area contributed by atoms with Crippen molar-refractivity contribution < 1.29 is 19.2 Å². The van der Waals surface area contributed by atoms with E-state index in [0.29, 0.717) is 13.0 Å². The number of nitrogens with one attached hydrogen (secondary N) is 2. The van der Waals surface area contributed by atoms with Gasteiger partial charge in [-0.05, 0) is 30.4 Å². The summed E-state index contributed by atoms with van der Waals surface area (Å²) in [4.78, 5) is 52.5. The third kappa shape index (κ3) is 5.41. The molecule has 2 fully saturated rings. The Morgan fingerprint density at radius 2 is 1.53 bits per heavy atom. The van der Waals surface area contributed by atoms with E-state index in [9.17, 15) is 19.2 Å². The van der Waals surface area contributed by atoms with Crippen LogP contribution in [0.2, 0.25) is 0 Å². The van der Waals surface area contributed by atoms with Crippen molar-refractivity contribution in [3.05, 3.63) is 71.8 Å². The Hall–Kier alpha value is -3.48. The number of hydrogen-bond donors (Lipinski definition) is 2. The molecule has 7 heteroatoms. The molecule has 4 rings (SSSR count). The van der Waals surface area contributed by atoms with Crippen molar-refractivity contribution in [1.82, 2.24) is 15.5 Å². The van der Waals surface area contributed by atoms with Crippen LogP contribution >= 0.6 is 0 Å². The van der Waals surface area contributed by atoms with Crippen LogP contribution in [0.1, 0.15) is 36.8 Å². The van der Waals surface area contributed by atoms with Crippen molar-refractivity contribution in [2.45, 2.75) is 56.8 Å². The van der Waals surface area contributed by atoms with Gasteiger partial charge in [0.05, 0.1) is 0 Å². The van der Waals surface area contributed by atoms with Gasteiger partial charge < -0.3 is 15.5 Å². The van der Waals surface area contributed by atoms with E-state index in [1.54, 1.807) is 4.90 Å². The van der Waals surface area contributed by atoms with Crippen molar-refractivity contribution >= 4 is 23.5 Å². The van der Waals surface area contributed by atoms with E-state index in [0.717, 1.165) is 24.0 Å². The van der Waals surface area contributed by atoms with Crippen LogP contribution in [0.5, 0.6) is 0 Å². The molecule has 0 radical (unpaired) electrons. The molecule has 7 nitrogen and oxygen atoms in total. The molecule has 2 aliphatic rings. The lowest BCUT2D eigenvalue weighted by Gasteiger charge is -2.26. The summed E-state index contributed by atoms with van der Waals surface area (Å²) in [5.41, 5.74) is 1.77. The van der Waals surface area contributed by atoms with Crippen LogP contribution in [0.15, 0.2) is 60.7 Å². The monoisotopic (exact) mass is 433 g/mol. The van der Waals surface area contributed by atoms with Gasteiger partial charge in [0.15, 0.2) is 0 Å². The van der Waals surface area contributed by atoms with Gasteiger partial charge in [-0.2, -0.15) is 0 Å². The SMILES string of the molecule is O=C(NC1CC1)C(=O)C(Cc1ccccc1)NC(=O)[C@H]1CCC(=O)N1Cc1ccccc1. The maximum absolute atomic E-state index is 13.2. The molecule has 1 unspecified atom stereocenters. The fourth-order valence-electron chi connectivity index (χ4n) is 3.95. The predicted molar refractivity (Wildman–Crippen MR) is 118 cm³/mol. The lowest BCUT2D eigenvalue weighted by molar-refractivity contribution is -0.141. The third-order valence-corrected chi connectivity index (χ3v) is 5.88. The molecule has 1 heterocycles. The molecule has 2 aromatic rings. The molecular formula is C25H27N3O4. The van der Waals surface area contributed by atoms with E-state index >= 15 is 0 Å². The average Bonchev–Trinajstić information content (AvgIpc) is 3.55. The quantitative estimate of drug-likeness (QED) is 0.589. The molecule has 2 N–H and O–H groups in total. The van der Waals surface area contributed by atoms with Crippen LogP contribution < -0.4 is 10.6 Å². The smallest absolute Gasteiger partial charge is 0.289 e. The Kier molecular flexibility index (Phi) is 6.63. The minimum Gasteiger partial charge on any atom is -0.347 e. The largest absolute Gasteiger partial charge is 0.347 e. The summed E-state index contributed by atoms with van der Waals surface area (Å²) in [6.45, 7) is 0.331. The lowest BCUT2D eigenvalue weighted by Crippen LogP contribution is -2.53. The second-order valence-corrected chi connectivity index (χ2v) is 8.42. The first kappa shape index (κ1) is 21.7. The van der Waals surface area contributed by atoms with Crippen molar-refractivity contribution in [3.63, 3.8) is 0 Å². The van der Waals surface area contributed by atoms with Crippen molar-refractivity contribution in [1.29, 1.82) is 0 Å². The Morgan fingerprint density at radius 3 is 2.16 bits per heavy atom. The zero-order valence-corrected chi connectivity index (χ0v) is 17.8. The highest BCUT2D eigenvalue weighted by Crippen LogP contribution is 2.22. The molecule has 2 atom stereocenters. The summed E-state index contributed by atoms with van der Waals surface area (Å²) >= 11 is 0. The number of hydrogen-bond acceptors (Lipinski definition) is 4. The summed E-state index contributed by atoms with van der Waals surface area (Å²) in [5.74, 6) is -1.82. The Balaban J connectivity index is 1.48. The predicted octanol–water partition coefficient (Wildman–Crippen LogP) is 1.75. The van der Waals surface area contributed by atoms with Gasteiger partial charge in [0, 0.05) is 25.4 Å². The van der Waals surface area contributed by atoms with Crippen LogP contribution in [-0.4, -0.2) is 46.5 Å². The second-order valence-electron chi connectivity index (χ2n) is 8.42. The maximum Gasteiger partial charge on any atom is 0.289 e. The van der Waals surface area contributed by atoms with E-state index in [1.807, 2.05) is 60.7 Å². The minimum absolute atomic E-state index is 0.0494. The van der Waals surface area contributed by atoms with Crippen LogP contribution in [-0.2, 0) is 32.1 Å². The maximum atomic E-state index is 13.2. The summed E-state index contributed by atoms with van der Waals surface area (Å²) in [6.07, 6.45) is 2.62. The number of carbonyl (C=O) groups excluding carboxylic acids is 4. The highest BCUT2D eigenvalue weighted by atomic mass is 16.2. The van der Waals surface area contributed by atoms with Gasteiger partial charge in [0.1, 0.15) is 12.1 Å². The first-order valence-corrected chi connectivity index (χ1v) is 11.0. The number of benzene rings is 2. The molecular weight excluding hydrogens is 406 g/mol. The number of ketones is 1. The lowest BCUT2D eigenvalue weighted by atomic mass is 10.0. The Morgan fingerprint density at radius 1 is 0.906 bits per heavy atom. The highest BCUT2D eigenvalue weighted by Gasteiger charge is 2.38. The van der Waals surface area contributed by atoms with Gasteiger partial charge in [-0.25, -0.2) is 0 Å². The number of amides is 3. The number of likely N-dealkylation sites (tertiary alicyclic amines) is 1. The first-order chi connectivity index (χ1) is 15.5. The summed E-state index contributed by atoms with van der Waals surface area (Å²) < 4.78 is 0. The topological polar surface area (TPSA) is 95.6 Å². The highest BCUT2D eigenvalue weighted by molar-refractivity contribution is 6.38. The zero-order chi connectivity index (χ0) is 22.5. The van der Waals surface area contributed by atoms with E-state index < -0.39 is 29.7 Å². The van der Waals surface area contributed by atoms with Gasteiger partial charge in [0.25, 0.3) is 5.91 Å². The van der Waals surface area contributed by atoms with E-state index in [1.165, 1.54) is 0 Å². The number of Topliss-reactive ketones (excluding diaryl/α,β-unsaturated/α-hetero) is 1. The fourth-order valence-corrected chi connectivity index (χ4v) is 3.95. The van der Waals surface area contributed by atoms with E-state index in [-0.39, 0.29) is 24.8 Å². The molecule has 166 valence electrons. The normalized spacial score (nSPS) is 18.8. The first-order valence-electron chi connectivity index (χ1n) is 11.0. The van der Waals surface area contributed by atoms with Crippen LogP contribution in [0.3, 0.4) is 0 Å². The van der Waals surface area contributed by atoms with Gasteiger partial charge in [0.2, 0.25) is 17.6 Å². The molecule has 0 bridgehead atoms. The van der Waals surface area contributed by atoms with E-state index in [4.69, 9.17) is 0 Å². The number of nitrogens with zero attached hydrogens (tertiary/aromatic N) is 1. The minimum atomic E-state index is -0.988. The zero-order valence-electron chi connectivity index (χ0n) is 17.8. The van der Waals surface area contributed by atoms with Gasteiger partial charge >= 0.3 is 0 Å². The van der Waals surface area contributed by atoms with Crippen molar-refractivity contribution in [2.75, 3.05) is 0 Å². The second kappa shape index (κ2) is 9.77. The molecule has 1 aliphatic heterocycles. The molecule has 2 aromatic carbocycles. The molecule has 1 saturated carbocycles. The molecule has 3 amide bonds. The number of rotatable bonds is 9. The molecule has 1 saturated heterocycles. The molecule has 0 spiro atoms. The summed E-state index contributed by atoms with van der Waals surface area (Å²) in [7, 11) is 0. The molecule has 1 aliphatic carbocycles. The van der Waals surface area contributed by atoms with Gasteiger partial charge in [-0.3, -0.25) is 19.2 Å². The summed E-state index contributed by atoms with van der Waals surface area (Å²) in [5, 5.41) is 5.48. The summed E-state index contributed by atoms with van der Waals surface area (Å²) in [6, 6.07) is 17.1. The Bertz CT molecular complexity index is 989. The molecule has 0 aromatic heterocycles. The van der Waals surface area contributed by atoms with Crippen LogP contribution in [0, 0.1) is 0 Å². The fraction of sp³-hybridized carbons (Fsp3) is 0.360. The third-order valence-electron chi connectivity index (χ3n) is 5.88. The standard InChI is InChI=1S/C25H27N3O4/c29-22-14-13-21(28(22)16-18-9-5-2-6-10-18)24(31)27-20(15-17-7-3-1-4-8-17)23(30)25(32)26-19-11-12-19/h1-10,19-21H,11-16H2,(H,26,32)(H,27,31)/t20?,21-/m1/s1. The van der Waals surface area contributed by atoms with Crippen molar-refractivity contribution in [3.8, 4) is 0 Å². The van der Waals surface area contributed by atoms with Gasteiger partial charge in [-0.15, -0.1) is 0 Å². The molecule has 32 heavy (non-hydrogen) atoms. The van der Waals surface area contributed by atoms with E-state index in [2.05, 4.69) is 10.6 Å². The van der Waals surface area contributed by atoms with Crippen molar-refractivity contribution in [2.24, 2.45) is 0 Å². The number of carbonyl (C=O) groups is 4.